The third-order valence-electron chi connectivity index (χ3n) is 4.54. The number of amides is 2. The first-order chi connectivity index (χ1) is 13.3. The van der Waals surface area contributed by atoms with Gasteiger partial charge in [0, 0.05) is 19.9 Å². The van der Waals surface area contributed by atoms with Crippen molar-refractivity contribution in [3.05, 3.63) is 0 Å². The minimum absolute atomic E-state index is 0.0678. The topological polar surface area (TPSA) is 124 Å². The van der Waals surface area contributed by atoms with Crippen molar-refractivity contribution in [2.75, 3.05) is 13.6 Å². The average molecular weight is 401 g/mol. The van der Waals surface area contributed by atoms with Crippen LogP contribution < -0.4 is 5.32 Å². The highest BCUT2D eigenvalue weighted by Crippen LogP contribution is 2.11. The highest BCUT2D eigenvalue weighted by Gasteiger charge is 2.25. The monoisotopic (exact) mass is 400 g/mol. The van der Waals surface area contributed by atoms with Crippen LogP contribution in [0.4, 0.5) is 0 Å². The second kappa shape index (κ2) is 15.9. The zero-order valence-electron chi connectivity index (χ0n) is 17.2. The van der Waals surface area contributed by atoms with Crippen molar-refractivity contribution in [1.29, 1.82) is 0 Å². The van der Waals surface area contributed by atoms with Gasteiger partial charge < -0.3 is 20.4 Å². The summed E-state index contributed by atoms with van der Waals surface area (Å²) in [7, 11) is 1.32. The van der Waals surface area contributed by atoms with E-state index in [1.54, 1.807) is 0 Å². The zero-order chi connectivity index (χ0) is 21.4. The summed E-state index contributed by atoms with van der Waals surface area (Å²) >= 11 is 0. The number of aliphatic carboxylic acids is 2. The molecule has 0 aliphatic carbocycles. The Hall–Kier alpha value is -2.12. The van der Waals surface area contributed by atoms with E-state index in [2.05, 4.69) is 12.2 Å². The molecule has 0 radical (unpaired) electrons. The van der Waals surface area contributed by atoms with Crippen molar-refractivity contribution < 1.29 is 29.4 Å². The molecule has 0 spiro atoms. The van der Waals surface area contributed by atoms with Gasteiger partial charge in [0.25, 0.3) is 0 Å². The van der Waals surface area contributed by atoms with Gasteiger partial charge >= 0.3 is 11.9 Å². The van der Waals surface area contributed by atoms with Gasteiger partial charge in [-0.05, 0) is 12.8 Å². The minimum Gasteiger partial charge on any atom is -0.481 e. The number of hydrogen-bond donors (Lipinski definition) is 3. The Kier molecular flexibility index (Phi) is 14.7. The van der Waals surface area contributed by atoms with Crippen LogP contribution in [0, 0.1) is 0 Å². The van der Waals surface area contributed by atoms with Gasteiger partial charge in [0.05, 0.1) is 0 Å². The van der Waals surface area contributed by atoms with E-state index in [0.29, 0.717) is 6.42 Å². The maximum absolute atomic E-state index is 12.3. The quantitative estimate of drug-likeness (QED) is 0.323. The number of likely N-dealkylation sites (N-methyl/N-ethyl adjacent to an activating group) is 1. The van der Waals surface area contributed by atoms with E-state index in [-0.39, 0.29) is 25.2 Å². The number of carbonyl (C=O) groups excluding carboxylic acids is 2. The molecule has 0 aromatic rings. The molecule has 8 heteroatoms. The zero-order valence-corrected chi connectivity index (χ0v) is 17.2. The van der Waals surface area contributed by atoms with Crippen LogP contribution in [0.15, 0.2) is 0 Å². The molecule has 0 aromatic carbocycles. The average Bonchev–Trinajstić information content (AvgIpc) is 2.62. The summed E-state index contributed by atoms with van der Waals surface area (Å²) in [5.41, 5.74) is 0. The third kappa shape index (κ3) is 14.0. The molecule has 162 valence electrons. The van der Waals surface area contributed by atoms with Crippen LogP contribution in [0.3, 0.4) is 0 Å². The van der Waals surface area contributed by atoms with Crippen LogP contribution in [0.5, 0.6) is 0 Å². The number of rotatable bonds is 17. The molecule has 8 nitrogen and oxygen atoms in total. The maximum atomic E-state index is 12.3. The van der Waals surface area contributed by atoms with Gasteiger partial charge in [-0.15, -0.1) is 0 Å². The molecule has 0 saturated carbocycles. The molecule has 28 heavy (non-hydrogen) atoms. The number of hydrogen-bond acceptors (Lipinski definition) is 4. The van der Waals surface area contributed by atoms with Crippen LogP contribution in [-0.4, -0.2) is 58.5 Å². The SMILES string of the molecule is CCCCCCCCCCCC(=O)NC(CCC(=O)O)C(=O)N(C)CC(=O)O. The summed E-state index contributed by atoms with van der Waals surface area (Å²) in [5, 5.41) is 20.2. The Morgan fingerprint density at radius 3 is 1.86 bits per heavy atom. The predicted octanol–water partition coefficient (Wildman–Crippen LogP) is 2.80. The molecule has 0 aliphatic heterocycles. The summed E-state index contributed by atoms with van der Waals surface area (Å²) in [6.07, 6.45) is 10.1. The predicted molar refractivity (Wildman–Crippen MR) is 106 cm³/mol. The molecule has 2 amide bonds. The second-order valence-corrected chi connectivity index (χ2v) is 7.22. The van der Waals surface area contributed by atoms with Crippen LogP contribution in [0.1, 0.15) is 84.0 Å². The molecule has 0 aliphatic rings. The Morgan fingerprint density at radius 2 is 1.36 bits per heavy atom. The highest BCUT2D eigenvalue weighted by atomic mass is 16.4. The molecule has 0 aromatic heterocycles. The summed E-state index contributed by atoms with van der Waals surface area (Å²) in [4.78, 5) is 46.9. The van der Waals surface area contributed by atoms with E-state index in [9.17, 15) is 19.2 Å². The van der Waals surface area contributed by atoms with Crippen molar-refractivity contribution in [2.24, 2.45) is 0 Å². The molecular weight excluding hydrogens is 364 g/mol. The number of carbonyl (C=O) groups is 4. The number of carboxylic acid groups (broad SMARTS) is 2. The van der Waals surface area contributed by atoms with Crippen LogP contribution in [0.25, 0.3) is 0 Å². The fourth-order valence-electron chi connectivity index (χ4n) is 2.93. The standard InChI is InChI=1S/C20H36N2O6/c1-3-4-5-6-7-8-9-10-11-12-17(23)21-16(13-14-18(24)25)20(28)22(2)15-19(26)27/h16H,3-15H2,1-2H3,(H,21,23)(H,24,25)(H,26,27). The lowest BCUT2D eigenvalue weighted by Crippen LogP contribution is -2.48. The van der Waals surface area contributed by atoms with Crippen molar-refractivity contribution in [2.45, 2.75) is 90.0 Å². The Morgan fingerprint density at radius 1 is 0.821 bits per heavy atom. The Labute approximate surface area is 167 Å². The molecule has 3 N–H and O–H groups in total. The van der Waals surface area contributed by atoms with Crippen molar-refractivity contribution >= 4 is 23.8 Å². The molecule has 0 bridgehead atoms. The van der Waals surface area contributed by atoms with Gasteiger partial charge in [0.2, 0.25) is 11.8 Å². The van der Waals surface area contributed by atoms with Gasteiger partial charge in [-0.3, -0.25) is 19.2 Å². The maximum Gasteiger partial charge on any atom is 0.323 e. The van der Waals surface area contributed by atoms with Gasteiger partial charge in [-0.25, -0.2) is 0 Å². The smallest absolute Gasteiger partial charge is 0.323 e. The summed E-state index contributed by atoms with van der Waals surface area (Å²) in [6, 6.07) is -1.02. The van der Waals surface area contributed by atoms with E-state index in [0.717, 1.165) is 24.2 Å². The van der Waals surface area contributed by atoms with E-state index >= 15 is 0 Å². The lowest BCUT2D eigenvalue weighted by Gasteiger charge is -2.23. The number of carboxylic acids is 2. The molecule has 0 saturated heterocycles. The molecule has 0 heterocycles. The highest BCUT2D eigenvalue weighted by molar-refractivity contribution is 5.89. The third-order valence-corrected chi connectivity index (χ3v) is 4.54. The summed E-state index contributed by atoms with van der Waals surface area (Å²) in [5.74, 6) is -3.15. The second-order valence-electron chi connectivity index (χ2n) is 7.22. The fourth-order valence-corrected chi connectivity index (χ4v) is 2.93. The van der Waals surface area contributed by atoms with Crippen LogP contribution in [-0.2, 0) is 19.2 Å². The first-order valence-electron chi connectivity index (χ1n) is 10.3. The van der Waals surface area contributed by atoms with Crippen molar-refractivity contribution in [3.63, 3.8) is 0 Å². The normalized spacial score (nSPS) is 11.6. The number of nitrogens with zero attached hydrogens (tertiary/aromatic N) is 1. The lowest BCUT2D eigenvalue weighted by atomic mass is 10.1. The largest absolute Gasteiger partial charge is 0.481 e. The van der Waals surface area contributed by atoms with Gasteiger partial charge in [-0.1, -0.05) is 58.3 Å². The van der Waals surface area contributed by atoms with Gasteiger partial charge in [0.1, 0.15) is 12.6 Å². The molecule has 1 unspecified atom stereocenters. The number of unbranched alkanes of at least 4 members (excludes halogenated alkanes) is 8. The van der Waals surface area contributed by atoms with E-state index < -0.39 is 30.4 Å². The van der Waals surface area contributed by atoms with Crippen LogP contribution in [0.2, 0.25) is 0 Å². The first-order valence-corrected chi connectivity index (χ1v) is 10.3. The summed E-state index contributed by atoms with van der Waals surface area (Å²) in [6.45, 7) is 1.69. The Bertz CT molecular complexity index is 495. The van der Waals surface area contributed by atoms with Gasteiger partial charge in [0.15, 0.2) is 0 Å². The van der Waals surface area contributed by atoms with E-state index in [4.69, 9.17) is 10.2 Å². The minimum atomic E-state index is -1.17. The number of nitrogens with one attached hydrogen (secondary N) is 1. The Balaban J connectivity index is 4.24. The van der Waals surface area contributed by atoms with E-state index in [1.807, 2.05) is 0 Å². The van der Waals surface area contributed by atoms with Crippen LogP contribution >= 0.6 is 0 Å². The van der Waals surface area contributed by atoms with Gasteiger partial charge in [-0.2, -0.15) is 0 Å². The molecule has 0 rings (SSSR count). The fraction of sp³-hybridized carbons (Fsp3) is 0.800. The molecule has 0 fully saturated rings. The summed E-state index contributed by atoms with van der Waals surface area (Å²) < 4.78 is 0. The van der Waals surface area contributed by atoms with Crippen molar-refractivity contribution in [1.82, 2.24) is 10.2 Å². The first kappa shape index (κ1) is 25.9. The van der Waals surface area contributed by atoms with Crippen molar-refractivity contribution in [3.8, 4) is 0 Å². The molecule has 1 atom stereocenters. The molecular formula is C20H36N2O6. The van der Waals surface area contributed by atoms with E-state index in [1.165, 1.54) is 39.2 Å². The lowest BCUT2D eigenvalue weighted by molar-refractivity contribution is -0.145.